The molecule has 0 N–H and O–H groups in total. The van der Waals surface area contributed by atoms with Crippen LogP contribution < -0.4 is 0 Å². The second-order valence-corrected chi connectivity index (χ2v) is 15.0. The molecular weight excluding hydrogens is 703 g/mol. The third kappa shape index (κ3) is 5.63. The lowest BCUT2D eigenvalue weighted by Gasteiger charge is -2.11. The predicted molar refractivity (Wildman–Crippen MR) is 232 cm³/mol. The van der Waals surface area contributed by atoms with Crippen LogP contribution in [0.15, 0.2) is 188 Å². The molecule has 0 radical (unpaired) electrons. The molecule has 0 unspecified atom stereocenters. The third-order valence-electron chi connectivity index (χ3n) is 10.5. The molecule has 0 spiro atoms. The highest BCUT2D eigenvalue weighted by atomic mass is 32.1. The zero-order valence-electron chi connectivity index (χ0n) is 30.0. The van der Waals surface area contributed by atoms with Crippen LogP contribution in [0.5, 0.6) is 0 Å². The van der Waals surface area contributed by atoms with Gasteiger partial charge in [-0.25, -0.2) is 19.9 Å². The highest BCUT2D eigenvalue weighted by Gasteiger charge is 2.16. The lowest BCUT2D eigenvalue weighted by molar-refractivity contribution is 1.07. The maximum atomic E-state index is 4.95. The Kier molecular flexibility index (Phi) is 7.60. The van der Waals surface area contributed by atoms with Gasteiger partial charge < -0.3 is 4.57 Å². The van der Waals surface area contributed by atoms with Crippen molar-refractivity contribution in [3.63, 3.8) is 0 Å². The molecule has 0 amide bonds. The molecule has 0 atom stereocenters. The fourth-order valence-electron chi connectivity index (χ4n) is 7.68. The lowest BCUT2D eigenvalue weighted by Crippen LogP contribution is -2.00. The van der Waals surface area contributed by atoms with Gasteiger partial charge in [-0.15, -0.1) is 11.3 Å². The van der Waals surface area contributed by atoms with Gasteiger partial charge in [-0.1, -0.05) is 133 Å². The normalized spacial score (nSPS) is 11.6. The van der Waals surface area contributed by atoms with E-state index in [0.717, 1.165) is 49.6 Å². The van der Waals surface area contributed by atoms with Crippen molar-refractivity contribution in [3.05, 3.63) is 188 Å². The fourth-order valence-corrected chi connectivity index (χ4v) is 8.64. The third-order valence-corrected chi connectivity index (χ3v) is 11.6. The monoisotopic (exact) mass is 733 g/mol. The van der Waals surface area contributed by atoms with Crippen LogP contribution in [0.2, 0.25) is 0 Å². The largest absolute Gasteiger partial charge is 0.309 e. The van der Waals surface area contributed by atoms with Crippen LogP contribution in [0.4, 0.5) is 0 Å². The van der Waals surface area contributed by atoms with E-state index in [9.17, 15) is 0 Å². The molecule has 0 saturated heterocycles. The maximum absolute atomic E-state index is 4.95. The molecule has 8 aromatic carbocycles. The molecular formula is C50H31N5S. The molecule has 0 bridgehead atoms. The first-order valence-electron chi connectivity index (χ1n) is 18.6. The molecule has 3 aromatic heterocycles. The highest BCUT2D eigenvalue weighted by molar-refractivity contribution is 7.21. The first kappa shape index (κ1) is 32.2. The zero-order valence-corrected chi connectivity index (χ0v) is 30.9. The first-order valence-corrected chi connectivity index (χ1v) is 19.4. The number of benzene rings is 8. The van der Waals surface area contributed by atoms with Gasteiger partial charge in [0.2, 0.25) is 0 Å². The Morgan fingerprint density at radius 1 is 0.357 bits per heavy atom. The highest BCUT2D eigenvalue weighted by Crippen LogP contribution is 2.38. The fraction of sp³-hybridized carbons (Fsp3) is 0. The van der Waals surface area contributed by atoms with E-state index in [-0.39, 0.29) is 0 Å². The summed E-state index contributed by atoms with van der Waals surface area (Å²) in [5.74, 6) is 1.95. The van der Waals surface area contributed by atoms with E-state index in [2.05, 4.69) is 126 Å². The van der Waals surface area contributed by atoms with Gasteiger partial charge in [0.25, 0.3) is 0 Å². The van der Waals surface area contributed by atoms with E-state index >= 15 is 0 Å². The summed E-state index contributed by atoms with van der Waals surface area (Å²) in [5.41, 5.74) is 10.8. The Balaban J connectivity index is 0.961. The number of aromatic nitrogens is 5. The minimum Gasteiger partial charge on any atom is -0.309 e. The van der Waals surface area contributed by atoms with Gasteiger partial charge in [-0.3, -0.25) is 0 Å². The smallest absolute Gasteiger partial charge is 0.164 e. The summed E-state index contributed by atoms with van der Waals surface area (Å²) < 4.78 is 3.59. The molecule has 0 aliphatic carbocycles. The lowest BCUT2D eigenvalue weighted by atomic mass is 9.99. The number of para-hydroxylation sites is 2. The van der Waals surface area contributed by atoms with Crippen LogP contribution >= 0.6 is 11.3 Å². The molecule has 5 nitrogen and oxygen atoms in total. The molecule has 0 aliphatic rings. The Morgan fingerprint density at radius 3 is 1.66 bits per heavy atom. The van der Waals surface area contributed by atoms with Crippen LogP contribution in [-0.4, -0.2) is 24.5 Å². The number of hydrogen-bond acceptors (Lipinski definition) is 5. The van der Waals surface area contributed by atoms with E-state index in [4.69, 9.17) is 19.9 Å². The molecule has 0 saturated carbocycles. The van der Waals surface area contributed by atoms with Crippen molar-refractivity contribution in [2.75, 3.05) is 0 Å². The molecule has 11 aromatic rings. The van der Waals surface area contributed by atoms with Gasteiger partial charge in [0.15, 0.2) is 17.5 Å². The zero-order chi connectivity index (χ0) is 37.0. The van der Waals surface area contributed by atoms with Gasteiger partial charge in [-0.2, -0.15) is 0 Å². The van der Waals surface area contributed by atoms with E-state index in [1.165, 1.54) is 37.3 Å². The van der Waals surface area contributed by atoms with Crippen LogP contribution in [0.25, 0.3) is 104 Å². The Labute approximate surface area is 326 Å². The summed E-state index contributed by atoms with van der Waals surface area (Å²) in [7, 11) is 0. The van der Waals surface area contributed by atoms with E-state index in [1.807, 2.05) is 66.7 Å². The Morgan fingerprint density at radius 2 is 0.929 bits per heavy atom. The summed E-state index contributed by atoms with van der Waals surface area (Å²) in [4.78, 5) is 19.6. The van der Waals surface area contributed by atoms with Crippen molar-refractivity contribution in [1.82, 2.24) is 24.5 Å². The van der Waals surface area contributed by atoms with Gasteiger partial charge >= 0.3 is 0 Å². The molecule has 0 aliphatic heterocycles. The van der Waals surface area contributed by atoms with E-state index in [1.54, 1.807) is 11.3 Å². The number of thiazole rings is 1. The average Bonchev–Trinajstić information content (AvgIpc) is 3.86. The van der Waals surface area contributed by atoms with Gasteiger partial charge in [-0.05, 0) is 76.5 Å². The van der Waals surface area contributed by atoms with Gasteiger partial charge in [0.1, 0.15) is 5.01 Å². The molecule has 56 heavy (non-hydrogen) atoms. The van der Waals surface area contributed by atoms with Crippen LogP contribution in [0, 0.1) is 0 Å². The predicted octanol–water partition coefficient (Wildman–Crippen LogP) is 13.1. The number of nitrogens with zero attached hydrogens (tertiary/aromatic N) is 5. The summed E-state index contributed by atoms with van der Waals surface area (Å²) in [5, 5.41) is 5.86. The topological polar surface area (TPSA) is 56.5 Å². The summed E-state index contributed by atoms with van der Waals surface area (Å²) in [6.45, 7) is 0. The number of hydrogen-bond donors (Lipinski definition) is 0. The van der Waals surface area contributed by atoms with Crippen molar-refractivity contribution < 1.29 is 0 Å². The molecule has 0 fully saturated rings. The van der Waals surface area contributed by atoms with Gasteiger partial charge in [0.05, 0.1) is 21.3 Å². The van der Waals surface area contributed by atoms with Crippen molar-refractivity contribution >= 4 is 54.1 Å². The summed E-state index contributed by atoms with van der Waals surface area (Å²) in [6, 6.07) is 65.9. The van der Waals surface area contributed by atoms with E-state index < -0.39 is 0 Å². The van der Waals surface area contributed by atoms with Gasteiger partial charge in [0, 0.05) is 38.7 Å². The van der Waals surface area contributed by atoms with Crippen molar-refractivity contribution in [2.45, 2.75) is 0 Å². The van der Waals surface area contributed by atoms with Crippen LogP contribution in [0.1, 0.15) is 0 Å². The molecule has 262 valence electrons. The van der Waals surface area contributed by atoms with E-state index in [0.29, 0.717) is 17.5 Å². The average molecular weight is 734 g/mol. The van der Waals surface area contributed by atoms with Crippen molar-refractivity contribution in [1.29, 1.82) is 0 Å². The van der Waals surface area contributed by atoms with Crippen molar-refractivity contribution in [3.8, 4) is 61.5 Å². The standard InChI is InChI=1S/C50H31N5S/c1-3-11-34(12-4-1)47-52-48(35-13-5-2-6-14-35)54-49(53-47)36-22-19-32(20-23-36)37-24-21-33-25-27-40(30-39(33)29-37)55-44-17-9-7-15-41(44)42-31-38(26-28-45(42)55)50-51-43-16-8-10-18-46(43)56-50/h1-31H. The second-order valence-electron chi connectivity index (χ2n) is 13.9. The molecule has 3 heterocycles. The van der Waals surface area contributed by atoms with Crippen LogP contribution in [0.3, 0.4) is 0 Å². The number of rotatable bonds is 6. The molecule has 11 rings (SSSR count). The SMILES string of the molecule is c1ccc(-c2nc(-c3ccccc3)nc(-c3ccc(-c4ccc5ccc(-n6c7ccccc7c7cc(-c8nc9ccccc9s8)ccc76)cc5c4)cc3)n2)cc1. The Hall–Kier alpha value is -7.28. The van der Waals surface area contributed by atoms with Crippen LogP contribution in [-0.2, 0) is 0 Å². The Bertz CT molecular complexity index is 3150. The first-order chi connectivity index (χ1) is 27.7. The summed E-state index contributed by atoms with van der Waals surface area (Å²) in [6.07, 6.45) is 0. The summed E-state index contributed by atoms with van der Waals surface area (Å²) >= 11 is 1.74. The minimum absolute atomic E-state index is 0.644. The quantitative estimate of drug-likeness (QED) is 0.171. The van der Waals surface area contributed by atoms with Crippen molar-refractivity contribution in [2.24, 2.45) is 0 Å². The number of fused-ring (bicyclic) bond motifs is 5. The maximum Gasteiger partial charge on any atom is 0.164 e. The minimum atomic E-state index is 0.644. The second kappa shape index (κ2) is 13.2. The molecule has 6 heteroatoms.